The lowest BCUT2D eigenvalue weighted by Crippen LogP contribution is -2.55. The third-order valence-corrected chi connectivity index (χ3v) is 5.94. The number of carbonyl (C=O) groups excluding carboxylic acids is 2. The number of hydrogen-bond acceptors (Lipinski definition) is 4. The fourth-order valence-electron chi connectivity index (χ4n) is 4.36. The zero-order valence-corrected chi connectivity index (χ0v) is 17.0. The maximum absolute atomic E-state index is 12.5. The van der Waals surface area contributed by atoms with Gasteiger partial charge in [-0.25, -0.2) is 0 Å². The molecule has 1 fully saturated rings. The fraction of sp³-hybridized carbons (Fsp3) is 0.200. The molecule has 0 radical (unpaired) electrons. The van der Waals surface area contributed by atoms with Gasteiger partial charge in [-0.2, -0.15) is 0 Å². The largest absolute Gasteiger partial charge is 0.508 e. The maximum Gasteiger partial charge on any atom is 0.265 e. The summed E-state index contributed by atoms with van der Waals surface area (Å²) in [5.41, 5.74) is 2.55. The van der Waals surface area contributed by atoms with Gasteiger partial charge in [-0.15, -0.1) is 0 Å². The SMILES string of the molecule is C=CC(=O)N1CC(CN2C(=O)COc3cc(-c4cc(O)cc5ccccc45)ccc32)C1. The molecule has 0 atom stereocenters. The van der Waals surface area contributed by atoms with E-state index in [0.717, 1.165) is 27.6 Å². The van der Waals surface area contributed by atoms with Crippen molar-refractivity contribution in [3.8, 4) is 22.6 Å². The summed E-state index contributed by atoms with van der Waals surface area (Å²) in [7, 11) is 0. The van der Waals surface area contributed by atoms with E-state index in [0.29, 0.717) is 25.4 Å². The number of phenolic OH excluding ortho intramolecular Hbond substituents is 1. The van der Waals surface area contributed by atoms with E-state index in [2.05, 4.69) is 6.58 Å². The Morgan fingerprint density at radius 3 is 2.77 bits per heavy atom. The molecule has 1 saturated heterocycles. The van der Waals surface area contributed by atoms with Gasteiger partial charge in [0.25, 0.3) is 5.91 Å². The molecule has 2 aliphatic heterocycles. The Balaban J connectivity index is 1.44. The fourth-order valence-corrected chi connectivity index (χ4v) is 4.36. The normalized spacial score (nSPS) is 15.9. The monoisotopic (exact) mass is 414 g/mol. The molecule has 156 valence electrons. The second-order valence-corrected chi connectivity index (χ2v) is 8.00. The van der Waals surface area contributed by atoms with Crippen LogP contribution in [0.2, 0.25) is 0 Å². The summed E-state index contributed by atoms with van der Waals surface area (Å²) in [5.74, 6) is 0.911. The Hall–Kier alpha value is -3.80. The molecule has 3 aromatic carbocycles. The number of carbonyl (C=O) groups is 2. The number of likely N-dealkylation sites (tertiary alicyclic amines) is 1. The molecule has 2 aliphatic rings. The number of hydrogen-bond donors (Lipinski definition) is 1. The lowest BCUT2D eigenvalue weighted by molar-refractivity contribution is -0.131. The summed E-state index contributed by atoms with van der Waals surface area (Å²) in [5, 5.41) is 12.2. The van der Waals surface area contributed by atoms with Crippen molar-refractivity contribution in [1.29, 1.82) is 0 Å². The molecule has 6 heteroatoms. The van der Waals surface area contributed by atoms with Gasteiger partial charge in [0.1, 0.15) is 11.5 Å². The number of ether oxygens (including phenoxy) is 1. The number of benzene rings is 3. The Morgan fingerprint density at radius 1 is 1.16 bits per heavy atom. The predicted molar refractivity (Wildman–Crippen MR) is 119 cm³/mol. The van der Waals surface area contributed by atoms with Gasteiger partial charge in [0, 0.05) is 25.6 Å². The van der Waals surface area contributed by atoms with Crippen LogP contribution in [0.25, 0.3) is 21.9 Å². The maximum atomic E-state index is 12.5. The lowest BCUT2D eigenvalue weighted by Gasteiger charge is -2.42. The van der Waals surface area contributed by atoms with Crippen molar-refractivity contribution in [1.82, 2.24) is 4.90 Å². The van der Waals surface area contributed by atoms with Crippen LogP contribution in [0.3, 0.4) is 0 Å². The van der Waals surface area contributed by atoms with E-state index in [1.54, 1.807) is 21.9 Å². The van der Waals surface area contributed by atoms with Crippen molar-refractivity contribution in [3.05, 3.63) is 67.3 Å². The molecule has 6 nitrogen and oxygen atoms in total. The van der Waals surface area contributed by atoms with E-state index in [9.17, 15) is 14.7 Å². The van der Waals surface area contributed by atoms with E-state index in [4.69, 9.17) is 4.74 Å². The summed E-state index contributed by atoms with van der Waals surface area (Å²) >= 11 is 0. The van der Waals surface area contributed by atoms with Crippen LogP contribution < -0.4 is 9.64 Å². The van der Waals surface area contributed by atoms with Crippen LogP contribution in [-0.2, 0) is 9.59 Å². The topological polar surface area (TPSA) is 70.1 Å². The highest BCUT2D eigenvalue weighted by Gasteiger charge is 2.34. The summed E-state index contributed by atoms with van der Waals surface area (Å²) in [6.45, 7) is 5.29. The number of fused-ring (bicyclic) bond motifs is 2. The van der Waals surface area contributed by atoms with Crippen molar-refractivity contribution >= 4 is 28.3 Å². The second-order valence-electron chi connectivity index (χ2n) is 8.00. The molecule has 31 heavy (non-hydrogen) atoms. The minimum Gasteiger partial charge on any atom is -0.508 e. The first-order valence-electron chi connectivity index (χ1n) is 10.2. The van der Waals surface area contributed by atoms with Crippen LogP contribution in [0.5, 0.6) is 11.5 Å². The van der Waals surface area contributed by atoms with Crippen molar-refractivity contribution in [2.75, 3.05) is 31.1 Å². The van der Waals surface area contributed by atoms with Gasteiger partial charge in [-0.1, -0.05) is 36.9 Å². The molecule has 0 aliphatic carbocycles. The number of anilines is 1. The van der Waals surface area contributed by atoms with Gasteiger partial charge in [0.05, 0.1) is 5.69 Å². The van der Waals surface area contributed by atoms with Crippen molar-refractivity contribution < 1.29 is 19.4 Å². The first-order chi connectivity index (χ1) is 15.0. The minimum absolute atomic E-state index is 0.0146. The van der Waals surface area contributed by atoms with Gasteiger partial charge >= 0.3 is 0 Å². The quantitative estimate of drug-likeness (QED) is 0.663. The first-order valence-corrected chi connectivity index (χ1v) is 10.2. The van der Waals surface area contributed by atoms with Gasteiger partial charge in [0.15, 0.2) is 6.61 Å². The Bertz CT molecular complexity index is 1210. The van der Waals surface area contributed by atoms with Crippen LogP contribution in [0, 0.1) is 5.92 Å². The first kappa shape index (κ1) is 19.2. The molecule has 0 unspecified atom stereocenters. The van der Waals surface area contributed by atoms with Crippen molar-refractivity contribution in [3.63, 3.8) is 0 Å². The molecule has 0 aromatic heterocycles. The number of phenols is 1. The highest BCUT2D eigenvalue weighted by molar-refractivity contribution is 6.01. The standard InChI is InChI=1S/C25H22N2O4/c1-2-24(29)26-12-16(13-26)14-27-22-8-7-18(10-23(22)31-15-25(27)30)21-11-19(28)9-17-5-3-4-6-20(17)21/h2-11,16,28H,1,12-15H2. The Morgan fingerprint density at radius 2 is 1.97 bits per heavy atom. The van der Waals surface area contributed by atoms with E-state index in [-0.39, 0.29) is 30.1 Å². The molecule has 3 aromatic rings. The molecule has 2 amide bonds. The Kier molecular flexibility index (Phi) is 4.62. The van der Waals surface area contributed by atoms with Gasteiger partial charge in [0.2, 0.25) is 5.91 Å². The summed E-state index contributed by atoms with van der Waals surface area (Å²) in [6, 6.07) is 17.1. The average molecular weight is 414 g/mol. The highest BCUT2D eigenvalue weighted by Crippen LogP contribution is 2.40. The molecule has 2 heterocycles. The van der Waals surface area contributed by atoms with Crippen LogP contribution >= 0.6 is 0 Å². The van der Waals surface area contributed by atoms with Crippen LogP contribution in [0.1, 0.15) is 0 Å². The highest BCUT2D eigenvalue weighted by atomic mass is 16.5. The van der Waals surface area contributed by atoms with Crippen LogP contribution in [0.15, 0.2) is 67.3 Å². The van der Waals surface area contributed by atoms with Crippen LogP contribution in [0.4, 0.5) is 5.69 Å². The molecular formula is C25H22N2O4. The Labute approximate surface area is 180 Å². The van der Waals surface area contributed by atoms with E-state index < -0.39 is 0 Å². The van der Waals surface area contributed by atoms with Crippen molar-refractivity contribution in [2.24, 2.45) is 5.92 Å². The van der Waals surface area contributed by atoms with Crippen LogP contribution in [-0.4, -0.2) is 48.1 Å². The molecular weight excluding hydrogens is 392 g/mol. The predicted octanol–water partition coefficient (Wildman–Crippen LogP) is 3.58. The number of amides is 2. The molecule has 1 N–H and O–H groups in total. The smallest absolute Gasteiger partial charge is 0.265 e. The average Bonchev–Trinajstić information content (AvgIpc) is 2.75. The van der Waals surface area contributed by atoms with E-state index in [1.165, 1.54) is 6.08 Å². The number of aromatic hydroxyl groups is 1. The second kappa shape index (κ2) is 7.47. The van der Waals surface area contributed by atoms with Gasteiger partial charge < -0.3 is 19.6 Å². The minimum atomic E-state index is -0.0865. The zero-order valence-electron chi connectivity index (χ0n) is 17.0. The van der Waals surface area contributed by atoms with E-state index in [1.807, 2.05) is 42.5 Å². The van der Waals surface area contributed by atoms with Gasteiger partial charge in [-0.3, -0.25) is 9.59 Å². The third-order valence-electron chi connectivity index (χ3n) is 5.94. The number of rotatable bonds is 4. The molecule has 0 spiro atoms. The third kappa shape index (κ3) is 3.40. The molecule has 5 rings (SSSR count). The van der Waals surface area contributed by atoms with Gasteiger partial charge in [-0.05, 0) is 52.2 Å². The summed E-state index contributed by atoms with van der Waals surface area (Å²) in [4.78, 5) is 27.7. The molecule has 0 saturated carbocycles. The number of nitrogens with zero attached hydrogens (tertiary/aromatic N) is 2. The van der Waals surface area contributed by atoms with E-state index >= 15 is 0 Å². The van der Waals surface area contributed by atoms with Crippen molar-refractivity contribution in [2.45, 2.75) is 0 Å². The zero-order chi connectivity index (χ0) is 21.5. The summed E-state index contributed by atoms with van der Waals surface area (Å²) < 4.78 is 5.75. The summed E-state index contributed by atoms with van der Waals surface area (Å²) in [6.07, 6.45) is 1.32. The molecule has 0 bridgehead atoms. The lowest BCUT2D eigenvalue weighted by atomic mass is 9.96.